The van der Waals surface area contributed by atoms with Gasteiger partial charge in [-0.3, -0.25) is 9.69 Å². The van der Waals surface area contributed by atoms with Gasteiger partial charge in [-0.2, -0.15) is 5.10 Å². The van der Waals surface area contributed by atoms with Crippen LogP contribution in [0, 0.1) is 18.6 Å². The number of aliphatic hydroxyl groups is 1. The summed E-state index contributed by atoms with van der Waals surface area (Å²) in [6.07, 6.45) is 5.69. The number of aromatic nitrogens is 3. The van der Waals surface area contributed by atoms with E-state index in [2.05, 4.69) is 20.3 Å². The van der Waals surface area contributed by atoms with Gasteiger partial charge in [-0.1, -0.05) is 23.8 Å². The van der Waals surface area contributed by atoms with Gasteiger partial charge in [-0.05, 0) is 50.5 Å². The van der Waals surface area contributed by atoms with Crippen molar-refractivity contribution in [3.63, 3.8) is 0 Å². The number of rotatable bonds is 7. The Morgan fingerprint density at radius 1 is 1.23 bits per heavy atom. The molecule has 2 atom stereocenters. The van der Waals surface area contributed by atoms with Gasteiger partial charge in [0.2, 0.25) is 5.91 Å². The molecule has 1 aliphatic rings. The Morgan fingerprint density at radius 3 is 2.66 bits per heavy atom. The van der Waals surface area contributed by atoms with Gasteiger partial charge >= 0.3 is 0 Å². The van der Waals surface area contributed by atoms with Gasteiger partial charge < -0.3 is 10.4 Å². The standard InChI is InChI=1S/C26H29F2N5O2/c1-18-4-3-5-22(12-18)31-25(34)13-20-8-10-32(11-9-20)19(2)26(35,15-33-17-29-16-30-33)23-7-6-21(27)14-24(23)28/h3-7,12-14,16-17,19,35H,8-11,15H2,1-2H3,(H,31,34)/t19-,26-/m1/s1. The molecule has 2 aromatic carbocycles. The van der Waals surface area contributed by atoms with Crippen LogP contribution < -0.4 is 5.32 Å². The number of carbonyl (C=O) groups excluding carboxylic acids is 1. The van der Waals surface area contributed by atoms with Crippen molar-refractivity contribution in [3.05, 3.63) is 89.5 Å². The van der Waals surface area contributed by atoms with Crippen LogP contribution in [0.3, 0.4) is 0 Å². The molecule has 7 nitrogen and oxygen atoms in total. The van der Waals surface area contributed by atoms with Crippen molar-refractivity contribution in [1.82, 2.24) is 19.7 Å². The number of hydrogen-bond donors (Lipinski definition) is 2. The Labute approximate surface area is 203 Å². The third kappa shape index (κ3) is 5.80. The van der Waals surface area contributed by atoms with E-state index >= 15 is 0 Å². The lowest BCUT2D eigenvalue weighted by molar-refractivity contribution is -0.112. The minimum Gasteiger partial charge on any atom is -0.381 e. The summed E-state index contributed by atoms with van der Waals surface area (Å²) in [4.78, 5) is 18.4. The molecular weight excluding hydrogens is 452 g/mol. The zero-order valence-electron chi connectivity index (χ0n) is 19.8. The third-order valence-corrected chi connectivity index (χ3v) is 6.57. The fraction of sp³-hybridized carbons (Fsp3) is 0.346. The van der Waals surface area contributed by atoms with Crippen LogP contribution in [0.2, 0.25) is 0 Å². The number of hydrogen-bond acceptors (Lipinski definition) is 5. The average Bonchev–Trinajstić information content (AvgIpc) is 3.31. The number of anilines is 1. The second kappa shape index (κ2) is 10.5. The van der Waals surface area contributed by atoms with Crippen molar-refractivity contribution in [1.29, 1.82) is 0 Å². The second-order valence-electron chi connectivity index (χ2n) is 9.01. The molecule has 0 saturated carbocycles. The predicted molar refractivity (Wildman–Crippen MR) is 128 cm³/mol. The van der Waals surface area contributed by atoms with Gasteiger partial charge in [0.25, 0.3) is 0 Å². The van der Waals surface area contributed by atoms with Crippen molar-refractivity contribution in [2.24, 2.45) is 0 Å². The van der Waals surface area contributed by atoms with Crippen LogP contribution in [-0.2, 0) is 16.9 Å². The highest BCUT2D eigenvalue weighted by atomic mass is 19.1. The zero-order chi connectivity index (χ0) is 25.0. The Bertz CT molecular complexity index is 1200. The van der Waals surface area contributed by atoms with E-state index < -0.39 is 23.3 Å². The summed E-state index contributed by atoms with van der Waals surface area (Å²) in [6, 6.07) is 10.3. The van der Waals surface area contributed by atoms with Crippen molar-refractivity contribution in [2.75, 3.05) is 18.4 Å². The maximum Gasteiger partial charge on any atom is 0.248 e. The summed E-state index contributed by atoms with van der Waals surface area (Å²) < 4.78 is 29.8. The Balaban J connectivity index is 1.47. The molecule has 1 fully saturated rings. The molecule has 0 unspecified atom stereocenters. The largest absolute Gasteiger partial charge is 0.381 e. The molecule has 0 radical (unpaired) electrons. The van der Waals surface area contributed by atoms with Crippen LogP contribution in [-0.4, -0.2) is 49.8 Å². The van der Waals surface area contributed by atoms with Gasteiger partial charge in [-0.25, -0.2) is 18.4 Å². The van der Waals surface area contributed by atoms with Crippen LogP contribution in [0.25, 0.3) is 0 Å². The molecule has 2 heterocycles. The molecule has 2 N–H and O–H groups in total. The van der Waals surface area contributed by atoms with E-state index in [0.29, 0.717) is 25.9 Å². The zero-order valence-corrected chi connectivity index (χ0v) is 19.8. The van der Waals surface area contributed by atoms with Crippen LogP contribution in [0.5, 0.6) is 0 Å². The fourth-order valence-corrected chi connectivity index (χ4v) is 4.58. The van der Waals surface area contributed by atoms with E-state index in [0.717, 1.165) is 29.0 Å². The molecule has 1 saturated heterocycles. The number of piperidine rings is 1. The normalized spacial score (nSPS) is 17.0. The smallest absolute Gasteiger partial charge is 0.248 e. The lowest BCUT2D eigenvalue weighted by atomic mass is 9.84. The van der Waals surface area contributed by atoms with Crippen LogP contribution in [0.15, 0.2) is 66.8 Å². The monoisotopic (exact) mass is 481 g/mol. The Hall–Kier alpha value is -3.43. The minimum atomic E-state index is -1.69. The quantitative estimate of drug-likeness (QED) is 0.502. The molecule has 35 heavy (non-hydrogen) atoms. The summed E-state index contributed by atoms with van der Waals surface area (Å²) >= 11 is 0. The summed E-state index contributed by atoms with van der Waals surface area (Å²) in [5.41, 5.74) is 1.13. The van der Waals surface area contributed by atoms with E-state index in [9.17, 15) is 18.7 Å². The lowest BCUT2D eigenvalue weighted by Crippen LogP contribution is -2.53. The number of nitrogens with one attached hydrogen (secondary N) is 1. The molecular formula is C26H29F2N5O2. The molecule has 4 rings (SSSR count). The maximum atomic E-state index is 14.8. The third-order valence-electron chi connectivity index (χ3n) is 6.57. The van der Waals surface area contributed by atoms with E-state index in [-0.39, 0.29) is 18.0 Å². The highest BCUT2D eigenvalue weighted by Gasteiger charge is 2.42. The predicted octanol–water partition coefficient (Wildman–Crippen LogP) is 3.80. The number of aryl methyl sites for hydroxylation is 1. The number of likely N-dealkylation sites (tertiary alicyclic amines) is 1. The minimum absolute atomic E-state index is 0.000714. The highest BCUT2D eigenvalue weighted by molar-refractivity contribution is 5.99. The number of carbonyl (C=O) groups is 1. The summed E-state index contributed by atoms with van der Waals surface area (Å²) in [5, 5.41) is 18.7. The van der Waals surface area contributed by atoms with Crippen LogP contribution >= 0.6 is 0 Å². The fourth-order valence-electron chi connectivity index (χ4n) is 4.58. The van der Waals surface area contributed by atoms with Gasteiger partial charge in [0.15, 0.2) is 0 Å². The second-order valence-corrected chi connectivity index (χ2v) is 9.01. The molecule has 0 spiro atoms. The average molecular weight is 482 g/mol. The molecule has 0 aliphatic carbocycles. The van der Waals surface area contributed by atoms with Crippen LogP contribution in [0.1, 0.15) is 30.9 Å². The van der Waals surface area contributed by atoms with Gasteiger partial charge in [0.05, 0.1) is 6.54 Å². The van der Waals surface area contributed by atoms with Gasteiger partial charge in [-0.15, -0.1) is 0 Å². The van der Waals surface area contributed by atoms with Gasteiger partial charge in [0, 0.05) is 42.5 Å². The van der Waals surface area contributed by atoms with Gasteiger partial charge in [0.1, 0.15) is 29.9 Å². The first-order valence-electron chi connectivity index (χ1n) is 11.6. The summed E-state index contributed by atoms with van der Waals surface area (Å²) in [5.74, 6) is -1.70. The molecule has 184 valence electrons. The molecule has 9 heteroatoms. The van der Waals surface area contributed by atoms with E-state index in [1.807, 2.05) is 38.1 Å². The Morgan fingerprint density at radius 2 is 2.00 bits per heavy atom. The van der Waals surface area contributed by atoms with Crippen molar-refractivity contribution < 1.29 is 18.7 Å². The van der Waals surface area contributed by atoms with Crippen molar-refractivity contribution in [2.45, 2.75) is 44.9 Å². The topological polar surface area (TPSA) is 83.3 Å². The number of halogens is 2. The number of amides is 1. The summed E-state index contributed by atoms with van der Waals surface area (Å²) in [7, 11) is 0. The molecule has 1 aliphatic heterocycles. The first-order chi connectivity index (χ1) is 16.7. The number of benzene rings is 2. The Kier molecular flexibility index (Phi) is 7.37. The summed E-state index contributed by atoms with van der Waals surface area (Å²) in [6.45, 7) is 4.89. The first-order valence-corrected chi connectivity index (χ1v) is 11.6. The molecule has 0 bridgehead atoms. The first kappa shape index (κ1) is 24.7. The van der Waals surface area contributed by atoms with Crippen molar-refractivity contribution >= 4 is 11.6 Å². The number of nitrogens with zero attached hydrogens (tertiary/aromatic N) is 4. The van der Waals surface area contributed by atoms with E-state index in [1.54, 1.807) is 6.08 Å². The van der Waals surface area contributed by atoms with E-state index in [4.69, 9.17) is 0 Å². The molecule has 1 amide bonds. The lowest BCUT2D eigenvalue weighted by Gasteiger charge is -2.43. The molecule has 3 aromatic rings. The SMILES string of the molecule is Cc1cccc(NC(=O)C=C2CCN([C@H](C)[C@](O)(Cn3cncn3)c3ccc(F)cc3F)CC2)c1. The van der Waals surface area contributed by atoms with Crippen LogP contribution in [0.4, 0.5) is 14.5 Å². The molecule has 1 aromatic heterocycles. The highest BCUT2D eigenvalue weighted by Crippen LogP contribution is 2.34. The van der Waals surface area contributed by atoms with E-state index in [1.165, 1.54) is 23.4 Å². The van der Waals surface area contributed by atoms with Crippen molar-refractivity contribution in [3.8, 4) is 0 Å². The maximum absolute atomic E-state index is 14.8.